The number of aromatic nitrogens is 3. The van der Waals surface area contributed by atoms with Crippen molar-refractivity contribution in [1.29, 1.82) is 0 Å². The largest absolute Gasteiger partial charge is 0.465 e. The van der Waals surface area contributed by atoms with Gasteiger partial charge in [-0.15, -0.1) is 0 Å². The average Bonchev–Trinajstić information content (AvgIpc) is 2.90. The van der Waals surface area contributed by atoms with E-state index in [0.717, 1.165) is 25.6 Å². The summed E-state index contributed by atoms with van der Waals surface area (Å²) < 4.78 is 67.2. The van der Waals surface area contributed by atoms with Gasteiger partial charge in [0.15, 0.2) is 10.8 Å². The number of hydrogen-bond acceptors (Lipinski definition) is 6. The van der Waals surface area contributed by atoms with Crippen molar-refractivity contribution in [2.24, 2.45) is 5.14 Å². The fourth-order valence-electron chi connectivity index (χ4n) is 1.80. The minimum atomic E-state index is -4.82. The number of methoxy groups -OCH3 is 1. The lowest BCUT2D eigenvalue weighted by Crippen LogP contribution is -2.22. The molecule has 0 unspecified atom stereocenters. The van der Waals surface area contributed by atoms with Gasteiger partial charge in [0, 0.05) is 6.20 Å². The summed E-state index contributed by atoms with van der Waals surface area (Å²) in [5.74, 6) is -1.95. The van der Waals surface area contributed by atoms with Crippen LogP contribution in [-0.4, -0.2) is 36.3 Å². The Morgan fingerprint density at radius 3 is 2.57 bits per heavy atom. The van der Waals surface area contributed by atoms with Gasteiger partial charge in [0.1, 0.15) is 11.1 Å². The number of hydrogen-bond donors (Lipinski definition) is 1. The van der Waals surface area contributed by atoms with Gasteiger partial charge >= 0.3 is 12.1 Å². The Morgan fingerprint density at radius 2 is 2.04 bits per heavy atom. The summed E-state index contributed by atoms with van der Waals surface area (Å²) in [6.45, 7) is 0. The third-order valence-corrected chi connectivity index (χ3v) is 3.62. The summed E-state index contributed by atoms with van der Waals surface area (Å²) in [7, 11) is -3.63. The van der Waals surface area contributed by atoms with E-state index >= 15 is 0 Å². The highest BCUT2D eigenvalue weighted by Crippen LogP contribution is 2.33. The summed E-state index contributed by atoms with van der Waals surface area (Å²) in [6, 6.07) is 1.71. The van der Waals surface area contributed by atoms with Gasteiger partial charge in [0.25, 0.3) is 10.0 Å². The molecule has 0 saturated carbocycles. The maximum Gasteiger partial charge on any atom is 0.420 e. The summed E-state index contributed by atoms with van der Waals surface area (Å²) in [5, 5.41) is 7.53. The summed E-state index contributed by atoms with van der Waals surface area (Å²) in [5.41, 5.74) is -1.85. The Kier molecular flexibility index (Phi) is 4.13. The number of halogens is 3. The molecule has 8 nitrogen and oxygen atoms in total. The minimum Gasteiger partial charge on any atom is -0.465 e. The molecule has 0 aromatic carbocycles. The summed E-state index contributed by atoms with van der Waals surface area (Å²) in [6.07, 6.45) is -3.08. The monoisotopic (exact) mass is 350 g/mol. The molecule has 0 aliphatic rings. The van der Waals surface area contributed by atoms with Gasteiger partial charge < -0.3 is 4.74 Å². The van der Waals surface area contributed by atoms with E-state index in [1.165, 1.54) is 0 Å². The van der Waals surface area contributed by atoms with E-state index < -0.39 is 44.1 Å². The van der Waals surface area contributed by atoms with E-state index in [-0.39, 0.29) is 0 Å². The van der Waals surface area contributed by atoms with Gasteiger partial charge in [-0.25, -0.2) is 28.0 Å². The van der Waals surface area contributed by atoms with Gasteiger partial charge in [-0.1, -0.05) is 0 Å². The summed E-state index contributed by atoms with van der Waals surface area (Å²) in [4.78, 5) is 15.1. The molecule has 2 N–H and O–H groups in total. The van der Waals surface area contributed by atoms with Gasteiger partial charge in [-0.05, 0) is 12.1 Å². The molecule has 0 radical (unpaired) electrons. The van der Waals surface area contributed by atoms with Crippen molar-refractivity contribution in [3.63, 3.8) is 0 Å². The fraction of sp³-hybridized carbons (Fsp3) is 0.182. The molecule has 0 spiro atoms. The van der Waals surface area contributed by atoms with Crippen LogP contribution in [0.25, 0.3) is 5.82 Å². The Balaban J connectivity index is 2.82. The molecule has 0 aliphatic carbocycles. The third kappa shape index (κ3) is 3.17. The van der Waals surface area contributed by atoms with Crippen molar-refractivity contribution in [2.45, 2.75) is 11.2 Å². The first-order chi connectivity index (χ1) is 10.6. The number of sulfonamides is 1. The lowest BCUT2D eigenvalue weighted by atomic mass is 10.2. The van der Waals surface area contributed by atoms with Crippen molar-refractivity contribution in [1.82, 2.24) is 14.8 Å². The van der Waals surface area contributed by atoms with Crippen LogP contribution in [0.1, 0.15) is 15.9 Å². The topological polar surface area (TPSA) is 117 Å². The van der Waals surface area contributed by atoms with E-state index in [1.807, 2.05) is 0 Å². The highest BCUT2D eigenvalue weighted by molar-refractivity contribution is 7.89. The van der Waals surface area contributed by atoms with Crippen molar-refractivity contribution < 1.29 is 31.1 Å². The SMILES string of the molecule is COC(=O)c1cnn(-c2ncccc2C(F)(F)F)c1S(N)(=O)=O. The van der Waals surface area contributed by atoms with Gasteiger partial charge in [0.2, 0.25) is 0 Å². The predicted octanol–water partition coefficient (Wildman–Crippen LogP) is 0.720. The number of esters is 1. The first-order valence-corrected chi connectivity index (χ1v) is 7.33. The van der Waals surface area contributed by atoms with E-state index in [4.69, 9.17) is 5.14 Å². The molecule has 0 saturated heterocycles. The first-order valence-electron chi connectivity index (χ1n) is 5.79. The molecule has 2 aromatic heterocycles. The molecule has 2 rings (SSSR count). The number of pyridine rings is 1. The lowest BCUT2D eigenvalue weighted by molar-refractivity contribution is -0.137. The van der Waals surface area contributed by atoms with Crippen LogP contribution in [0.4, 0.5) is 13.2 Å². The highest BCUT2D eigenvalue weighted by atomic mass is 32.2. The molecular formula is C11H9F3N4O4S. The molecule has 0 fully saturated rings. The zero-order chi connectivity index (χ0) is 17.4. The number of primary sulfonamides is 1. The number of rotatable bonds is 3. The van der Waals surface area contributed by atoms with Crippen LogP contribution >= 0.6 is 0 Å². The second-order valence-corrected chi connectivity index (χ2v) is 5.66. The molecule has 0 aliphatic heterocycles. The number of ether oxygens (including phenoxy) is 1. The maximum atomic E-state index is 13.0. The second-order valence-electron chi connectivity index (χ2n) is 4.18. The number of nitrogens with two attached hydrogens (primary N) is 1. The number of nitrogens with zero attached hydrogens (tertiary/aromatic N) is 3. The molecule has 2 heterocycles. The van der Waals surface area contributed by atoms with Crippen LogP contribution < -0.4 is 5.14 Å². The van der Waals surface area contributed by atoms with E-state index in [9.17, 15) is 26.4 Å². The van der Waals surface area contributed by atoms with Crippen LogP contribution in [-0.2, 0) is 20.9 Å². The third-order valence-electron chi connectivity index (χ3n) is 2.69. The Morgan fingerprint density at radius 1 is 1.39 bits per heavy atom. The van der Waals surface area contributed by atoms with E-state index in [1.54, 1.807) is 0 Å². The van der Waals surface area contributed by atoms with Gasteiger partial charge in [0.05, 0.1) is 13.3 Å². The zero-order valence-corrected chi connectivity index (χ0v) is 12.2. The Hall–Kier alpha value is -2.47. The van der Waals surface area contributed by atoms with Crippen molar-refractivity contribution >= 4 is 16.0 Å². The maximum absolute atomic E-state index is 13.0. The molecule has 0 atom stereocenters. The minimum absolute atomic E-state index is 0.338. The van der Waals surface area contributed by atoms with Crippen LogP contribution in [0, 0.1) is 0 Å². The van der Waals surface area contributed by atoms with Crippen molar-refractivity contribution in [3.8, 4) is 5.82 Å². The molecular weight excluding hydrogens is 341 g/mol. The smallest absolute Gasteiger partial charge is 0.420 e. The fourth-order valence-corrected chi connectivity index (χ4v) is 2.62. The average molecular weight is 350 g/mol. The van der Waals surface area contributed by atoms with Crippen LogP contribution in [0.2, 0.25) is 0 Å². The standard InChI is InChI=1S/C11H9F3N4O4S/c1-22-10(19)6-5-17-18(9(6)23(15,20)21)8-7(11(12,13)14)3-2-4-16-8/h2-5H,1H3,(H2,15,20,21). The number of carbonyl (C=O) groups excluding carboxylic acids is 1. The van der Waals surface area contributed by atoms with E-state index in [2.05, 4.69) is 14.8 Å². The lowest BCUT2D eigenvalue weighted by Gasteiger charge is -2.13. The molecule has 0 amide bonds. The molecule has 124 valence electrons. The number of alkyl halides is 3. The Bertz CT molecular complexity index is 860. The predicted molar refractivity (Wildman–Crippen MR) is 69.1 cm³/mol. The number of carbonyl (C=O) groups is 1. The van der Waals surface area contributed by atoms with E-state index in [0.29, 0.717) is 10.7 Å². The highest BCUT2D eigenvalue weighted by Gasteiger charge is 2.37. The molecule has 2 aromatic rings. The van der Waals surface area contributed by atoms with Crippen LogP contribution in [0.5, 0.6) is 0 Å². The summed E-state index contributed by atoms with van der Waals surface area (Å²) >= 11 is 0. The van der Waals surface area contributed by atoms with Crippen molar-refractivity contribution in [2.75, 3.05) is 7.11 Å². The van der Waals surface area contributed by atoms with Gasteiger partial charge in [-0.2, -0.15) is 18.3 Å². The van der Waals surface area contributed by atoms with Crippen molar-refractivity contribution in [3.05, 3.63) is 35.7 Å². The van der Waals surface area contributed by atoms with Gasteiger partial charge in [-0.3, -0.25) is 0 Å². The molecule has 12 heteroatoms. The second kappa shape index (κ2) is 5.62. The van der Waals surface area contributed by atoms with Crippen LogP contribution in [0.3, 0.4) is 0 Å². The molecule has 0 bridgehead atoms. The molecule has 23 heavy (non-hydrogen) atoms. The zero-order valence-electron chi connectivity index (χ0n) is 11.4. The Labute approximate surface area is 127 Å². The van der Waals surface area contributed by atoms with Crippen LogP contribution in [0.15, 0.2) is 29.6 Å². The quantitative estimate of drug-likeness (QED) is 0.815. The normalized spacial score (nSPS) is 12.2. The first kappa shape index (κ1) is 16.9.